The highest BCUT2D eigenvalue weighted by molar-refractivity contribution is 9.11. The largest absolute Gasteiger partial charge is 0.481 e. The lowest BCUT2D eigenvalue weighted by atomic mass is 10.0. The van der Waals surface area contributed by atoms with E-state index in [1.54, 1.807) is 42.5 Å². The number of halogens is 3. The third-order valence-electron chi connectivity index (χ3n) is 4.34. The van der Waals surface area contributed by atoms with E-state index in [1.165, 1.54) is 24.3 Å². The van der Waals surface area contributed by atoms with Crippen molar-refractivity contribution in [2.24, 2.45) is 0 Å². The van der Waals surface area contributed by atoms with E-state index in [0.717, 1.165) is 0 Å². The van der Waals surface area contributed by atoms with E-state index >= 15 is 0 Å². The number of hydrogen-bond donors (Lipinski definition) is 1. The summed E-state index contributed by atoms with van der Waals surface area (Å²) in [5, 5.41) is 23.5. The van der Waals surface area contributed by atoms with E-state index in [-0.39, 0.29) is 18.2 Å². The minimum absolute atomic E-state index is 0.0541. The summed E-state index contributed by atoms with van der Waals surface area (Å²) < 4.78 is 6.78. The van der Waals surface area contributed by atoms with E-state index < -0.39 is 4.92 Å². The molecule has 0 aliphatic heterocycles. The monoisotopic (exact) mass is 589 g/mol. The van der Waals surface area contributed by atoms with Crippen LogP contribution in [-0.4, -0.2) is 17.4 Å². The maximum Gasteiger partial charge on any atom is 0.269 e. The average Bonchev–Trinajstić information content (AvgIpc) is 2.78. The van der Waals surface area contributed by atoms with Crippen LogP contribution in [0, 0.1) is 21.4 Å². The molecule has 0 aliphatic rings. The average molecular weight is 592 g/mol. The van der Waals surface area contributed by atoms with Crippen molar-refractivity contribution in [2.75, 3.05) is 11.9 Å². The van der Waals surface area contributed by atoms with Crippen LogP contribution in [0.2, 0.25) is 5.02 Å². The number of nitro groups is 1. The molecule has 0 spiro atoms. The van der Waals surface area contributed by atoms with Crippen molar-refractivity contribution in [3.05, 3.63) is 95.9 Å². The maximum absolute atomic E-state index is 12.2. The lowest BCUT2D eigenvalue weighted by Gasteiger charge is -2.12. The van der Waals surface area contributed by atoms with Gasteiger partial charge in [-0.05, 0) is 85.5 Å². The number of non-ortho nitro benzene ring substituents is 1. The Balaban J connectivity index is 1.75. The molecule has 0 heterocycles. The Labute approximate surface area is 211 Å². The van der Waals surface area contributed by atoms with Gasteiger partial charge in [0.25, 0.3) is 11.6 Å². The molecule has 3 aromatic rings. The highest BCUT2D eigenvalue weighted by atomic mass is 79.9. The van der Waals surface area contributed by atoms with Crippen LogP contribution >= 0.6 is 43.5 Å². The molecule has 3 rings (SSSR count). The van der Waals surface area contributed by atoms with Crippen LogP contribution in [-0.2, 0) is 4.79 Å². The predicted molar refractivity (Wildman–Crippen MR) is 134 cm³/mol. The number of hydrogen-bond acceptors (Lipinski definition) is 5. The number of nitro benzene ring substituents is 1. The van der Waals surface area contributed by atoms with Gasteiger partial charge in [0, 0.05) is 12.1 Å². The molecule has 0 fully saturated rings. The van der Waals surface area contributed by atoms with Gasteiger partial charge in [0.1, 0.15) is 5.75 Å². The molecule has 0 saturated heterocycles. The number of benzene rings is 3. The number of allylic oxidation sites excluding steroid dienone is 1. The van der Waals surface area contributed by atoms with Crippen LogP contribution in [0.15, 0.2) is 69.6 Å². The quantitative estimate of drug-likeness (QED) is 0.140. The molecule has 166 valence electrons. The lowest BCUT2D eigenvalue weighted by molar-refractivity contribution is -0.384. The fourth-order valence-electron chi connectivity index (χ4n) is 2.80. The number of amides is 1. The zero-order chi connectivity index (χ0) is 24.0. The second kappa shape index (κ2) is 11.1. The molecule has 33 heavy (non-hydrogen) atoms. The molecule has 0 saturated carbocycles. The highest BCUT2D eigenvalue weighted by Crippen LogP contribution is 2.36. The first-order chi connectivity index (χ1) is 15.8. The number of carbonyl (C=O) groups is 1. The number of anilines is 1. The minimum Gasteiger partial charge on any atom is -0.481 e. The normalized spacial score (nSPS) is 10.9. The Bertz CT molecular complexity index is 1260. The zero-order valence-corrected chi connectivity index (χ0v) is 20.6. The third-order valence-corrected chi connectivity index (χ3v) is 5.84. The SMILES string of the molecule is N#C/C(=C\c1cc(Br)c(OCC(=O)Nc2ccccc2Cl)c(Br)c1)c1ccc([N+](=O)[O-])cc1. The third kappa shape index (κ3) is 6.42. The van der Waals surface area contributed by atoms with Crippen LogP contribution in [0.3, 0.4) is 0 Å². The predicted octanol–water partition coefficient (Wildman–Crippen LogP) is 6.85. The molecular formula is C23H14Br2ClN3O4. The number of nitriles is 1. The second-order valence-corrected chi connectivity index (χ2v) is 8.72. The van der Waals surface area contributed by atoms with Gasteiger partial charge >= 0.3 is 0 Å². The van der Waals surface area contributed by atoms with Crippen LogP contribution < -0.4 is 10.1 Å². The Morgan fingerprint density at radius 1 is 1.15 bits per heavy atom. The van der Waals surface area contributed by atoms with Crippen molar-refractivity contribution in [1.29, 1.82) is 5.26 Å². The van der Waals surface area contributed by atoms with Crippen molar-refractivity contribution < 1.29 is 14.5 Å². The molecule has 1 amide bonds. The van der Waals surface area contributed by atoms with Gasteiger partial charge in [0.05, 0.1) is 36.2 Å². The molecule has 10 heteroatoms. The van der Waals surface area contributed by atoms with Crippen molar-refractivity contribution in [2.45, 2.75) is 0 Å². The van der Waals surface area contributed by atoms with Crippen molar-refractivity contribution in [3.8, 4) is 11.8 Å². The first-order valence-electron chi connectivity index (χ1n) is 9.31. The number of ether oxygens (including phenoxy) is 1. The molecule has 0 atom stereocenters. The first kappa shape index (κ1) is 24.5. The van der Waals surface area contributed by atoms with E-state index in [1.807, 2.05) is 0 Å². The van der Waals surface area contributed by atoms with E-state index in [4.69, 9.17) is 16.3 Å². The Kier molecular flexibility index (Phi) is 8.22. The van der Waals surface area contributed by atoms with Gasteiger partial charge in [-0.3, -0.25) is 14.9 Å². The van der Waals surface area contributed by atoms with Crippen molar-refractivity contribution in [1.82, 2.24) is 0 Å². The second-order valence-electron chi connectivity index (χ2n) is 6.60. The van der Waals surface area contributed by atoms with Gasteiger partial charge < -0.3 is 10.1 Å². The maximum atomic E-state index is 12.2. The molecule has 0 unspecified atom stereocenters. The van der Waals surface area contributed by atoms with Gasteiger partial charge in [-0.15, -0.1) is 0 Å². The molecule has 1 N–H and O–H groups in total. The first-order valence-corrected chi connectivity index (χ1v) is 11.3. The summed E-state index contributed by atoms with van der Waals surface area (Å²) in [6.07, 6.45) is 1.64. The number of nitrogens with one attached hydrogen (secondary N) is 1. The van der Waals surface area contributed by atoms with Gasteiger partial charge in [-0.1, -0.05) is 23.7 Å². The minimum atomic E-state index is -0.499. The number of para-hydroxylation sites is 1. The Morgan fingerprint density at radius 3 is 2.36 bits per heavy atom. The fraction of sp³-hybridized carbons (Fsp3) is 0.0435. The smallest absolute Gasteiger partial charge is 0.269 e. The number of carbonyl (C=O) groups excluding carboxylic acids is 1. The summed E-state index contributed by atoms with van der Waals surface area (Å²) in [5.41, 5.74) is 1.99. The molecule has 0 radical (unpaired) electrons. The topological polar surface area (TPSA) is 105 Å². The summed E-state index contributed by atoms with van der Waals surface area (Å²) in [6, 6.07) is 18.2. The molecule has 0 aliphatic carbocycles. The van der Waals surface area contributed by atoms with Gasteiger partial charge in [-0.25, -0.2) is 0 Å². The van der Waals surface area contributed by atoms with Crippen LogP contribution in [0.5, 0.6) is 5.75 Å². The summed E-state index contributed by atoms with van der Waals surface area (Å²) in [6.45, 7) is -0.246. The molecular weight excluding hydrogens is 578 g/mol. The number of rotatable bonds is 7. The molecule has 0 aromatic heterocycles. The van der Waals surface area contributed by atoms with E-state index in [2.05, 4.69) is 43.2 Å². The fourth-order valence-corrected chi connectivity index (χ4v) is 4.43. The van der Waals surface area contributed by atoms with E-state index in [9.17, 15) is 20.2 Å². The Morgan fingerprint density at radius 2 is 1.79 bits per heavy atom. The van der Waals surface area contributed by atoms with Crippen LogP contribution in [0.1, 0.15) is 11.1 Å². The molecule has 0 bridgehead atoms. The number of nitrogens with zero attached hydrogens (tertiary/aromatic N) is 2. The Hall–Kier alpha value is -3.19. The molecule has 3 aromatic carbocycles. The van der Waals surface area contributed by atoms with E-state index in [0.29, 0.717) is 42.1 Å². The lowest BCUT2D eigenvalue weighted by Crippen LogP contribution is -2.20. The summed E-state index contributed by atoms with van der Waals surface area (Å²) in [4.78, 5) is 22.5. The summed E-state index contributed by atoms with van der Waals surface area (Å²) >= 11 is 12.9. The molecule has 7 nitrogen and oxygen atoms in total. The van der Waals surface area contributed by atoms with Gasteiger partial charge in [0.2, 0.25) is 0 Å². The van der Waals surface area contributed by atoms with Crippen LogP contribution in [0.25, 0.3) is 11.6 Å². The van der Waals surface area contributed by atoms with Crippen molar-refractivity contribution >= 4 is 72.4 Å². The zero-order valence-electron chi connectivity index (χ0n) is 16.7. The van der Waals surface area contributed by atoms with Crippen molar-refractivity contribution in [3.63, 3.8) is 0 Å². The summed E-state index contributed by atoms with van der Waals surface area (Å²) in [5.74, 6) is 0.0334. The standard InChI is InChI=1S/C23H14Br2ClN3O4/c24-18-10-14(9-16(12-27)15-5-7-17(8-6-15)29(31)32)11-19(25)23(18)33-13-22(30)28-21-4-2-1-3-20(21)26/h1-11H,13H2,(H,28,30)/b16-9+. The van der Waals surface area contributed by atoms with Crippen LogP contribution in [0.4, 0.5) is 11.4 Å². The van der Waals surface area contributed by atoms with Gasteiger partial charge in [-0.2, -0.15) is 5.26 Å². The van der Waals surface area contributed by atoms with Gasteiger partial charge in [0.15, 0.2) is 6.61 Å². The summed E-state index contributed by atoms with van der Waals surface area (Å²) in [7, 11) is 0. The highest BCUT2D eigenvalue weighted by Gasteiger charge is 2.13.